The van der Waals surface area contributed by atoms with Crippen LogP contribution in [-0.4, -0.2) is 50.8 Å². The van der Waals surface area contributed by atoms with Gasteiger partial charge >= 0.3 is 0 Å². The quantitative estimate of drug-likeness (QED) is 0.830. The first-order valence-corrected chi connectivity index (χ1v) is 7.80. The second-order valence-corrected chi connectivity index (χ2v) is 6.26. The van der Waals surface area contributed by atoms with Crippen LogP contribution in [0.4, 0.5) is 5.69 Å². The molecule has 0 aromatic heterocycles. The van der Waals surface area contributed by atoms with Crippen LogP contribution in [0.15, 0.2) is 24.3 Å². The molecule has 0 bridgehead atoms. The maximum atomic E-state index is 8.87. The minimum absolute atomic E-state index is 0.276. The van der Waals surface area contributed by atoms with Crippen molar-refractivity contribution in [2.75, 3.05) is 44.7 Å². The van der Waals surface area contributed by atoms with E-state index in [1.807, 2.05) is 24.3 Å². The number of nitriles is 1. The fourth-order valence-electron chi connectivity index (χ4n) is 2.97. The molecule has 1 aromatic carbocycles. The van der Waals surface area contributed by atoms with Crippen molar-refractivity contribution in [1.29, 1.82) is 5.26 Å². The molecule has 1 saturated heterocycles. The highest BCUT2D eigenvalue weighted by atomic mass is 16.5. The predicted molar refractivity (Wildman–Crippen MR) is 83.3 cm³/mol. The number of likely N-dealkylation sites (N-methyl/N-ethyl adjacent to an activating group) is 1. The van der Waals surface area contributed by atoms with E-state index in [0.717, 1.165) is 32.2 Å². The number of hydrogen-bond donors (Lipinski definition) is 0. The first-order chi connectivity index (χ1) is 10.2. The van der Waals surface area contributed by atoms with Crippen molar-refractivity contribution < 1.29 is 4.74 Å². The van der Waals surface area contributed by atoms with Gasteiger partial charge in [0.1, 0.15) is 0 Å². The molecule has 1 aliphatic carbocycles. The van der Waals surface area contributed by atoms with E-state index in [2.05, 4.69) is 22.9 Å². The number of benzene rings is 1. The average molecular weight is 285 g/mol. The van der Waals surface area contributed by atoms with Crippen LogP contribution in [0.2, 0.25) is 0 Å². The Kier molecular flexibility index (Phi) is 4.42. The lowest BCUT2D eigenvalue weighted by Gasteiger charge is -2.36. The van der Waals surface area contributed by atoms with Crippen LogP contribution in [0, 0.1) is 17.2 Å². The Labute approximate surface area is 126 Å². The summed E-state index contributed by atoms with van der Waals surface area (Å²) >= 11 is 0. The van der Waals surface area contributed by atoms with Crippen molar-refractivity contribution in [2.45, 2.75) is 18.9 Å². The molecule has 3 rings (SSSR count). The Morgan fingerprint density at radius 2 is 2.05 bits per heavy atom. The highest BCUT2D eigenvalue weighted by Gasteiger charge is 2.26. The monoisotopic (exact) mass is 285 g/mol. The number of ether oxygens (including phenoxy) is 1. The van der Waals surface area contributed by atoms with Crippen LogP contribution in [0.1, 0.15) is 18.4 Å². The van der Waals surface area contributed by atoms with Crippen LogP contribution < -0.4 is 4.90 Å². The molecule has 21 heavy (non-hydrogen) atoms. The van der Waals surface area contributed by atoms with Crippen LogP contribution in [0.25, 0.3) is 0 Å². The van der Waals surface area contributed by atoms with Gasteiger partial charge in [0.05, 0.1) is 24.3 Å². The summed E-state index contributed by atoms with van der Waals surface area (Å²) in [5, 5.41) is 8.87. The minimum atomic E-state index is 0.276. The van der Waals surface area contributed by atoms with E-state index >= 15 is 0 Å². The van der Waals surface area contributed by atoms with E-state index in [-0.39, 0.29) is 6.10 Å². The van der Waals surface area contributed by atoms with Crippen LogP contribution in [0.5, 0.6) is 0 Å². The molecule has 1 unspecified atom stereocenters. The van der Waals surface area contributed by atoms with E-state index in [4.69, 9.17) is 10.00 Å². The van der Waals surface area contributed by atoms with E-state index in [1.165, 1.54) is 25.1 Å². The van der Waals surface area contributed by atoms with Crippen molar-refractivity contribution in [2.24, 2.45) is 5.92 Å². The molecule has 1 aliphatic heterocycles. The van der Waals surface area contributed by atoms with Crippen molar-refractivity contribution in [3.8, 4) is 6.07 Å². The second-order valence-electron chi connectivity index (χ2n) is 6.26. The third-order valence-corrected chi connectivity index (χ3v) is 4.28. The number of nitrogens with zero attached hydrogens (tertiary/aromatic N) is 3. The van der Waals surface area contributed by atoms with Crippen molar-refractivity contribution >= 4 is 5.69 Å². The Balaban J connectivity index is 1.55. The molecule has 1 heterocycles. The summed E-state index contributed by atoms with van der Waals surface area (Å²) in [7, 11) is 2.20. The van der Waals surface area contributed by atoms with Crippen LogP contribution >= 0.6 is 0 Å². The number of rotatable bonds is 5. The lowest BCUT2D eigenvalue weighted by atomic mass is 10.2. The summed E-state index contributed by atoms with van der Waals surface area (Å²) in [6, 6.07) is 10.0. The van der Waals surface area contributed by atoms with Crippen molar-refractivity contribution in [3.63, 3.8) is 0 Å². The van der Waals surface area contributed by atoms with Gasteiger partial charge in [0.25, 0.3) is 0 Å². The summed E-state index contributed by atoms with van der Waals surface area (Å²) < 4.78 is 5.91. The van der Waals surface area contributed by atoms with E-state index in [9.17, 15) is 0 Å². The van der Waals surface area contributed by atoms with Crippen LogP contribution in [-0.2, 0) is 4.74 Å². The topological polar surface area (TPSA) is 39.5 Å². The van der Waals surface area contributed by atoms with Gasteiger partial charge in [-0.25, -0.2) is 0 Å². The third kappa shape index (κ3) is 3.96. The molecular formula is C17H23N3O. The highest BCUT2D eigenvalue weighted by Crippen LogP contribution is 2.29. The standard InChI is InChI=1S/C17H23N3O/c1-19(11-15-2-3-15)12-17-13-20(8-9-21-17)16-6-4-14(10-18)5-7-16/h4-7,15,17H,2-3,8-9,11-13H2,1H3. The molecule has 0 radical (unpaired) electrons. The SMILES string of the molecule is CN(CC1CC1)CC1CN(c2ccc(C#N)cc2)CCO1. The van der Waals surface area contributed by atoms with Crippen LogP contribution in [0.3, 0.4) is 0 Å². The van der Waals surface area contributed by atoms with Gasteiger partial charge in [0.2, 0.25) is 0 Å². The average Bonchev–Trinajstić information content (AvgIpc) is 3.31. The molecule has 4 nitrogen and oxygen atoms in total. The van der Waals surface area contributed by atoms with Gasteiger partial charge in [-0.2, -0.15) is 5.26 Å². The fourth-order valence-corrected chi connectivity index (χ4v) is 2.97. The number of hydrogen-bond acceptors (Lipinski definition) is 4. The maximum absolute atomic E-state index is 8.87. The molecule has 0 amide bonds. The second kappa shape index (κ2) is 6.46. The summed E-state index contributed by atoms with van der Waals surface area (Å²) in [5.74, 6) is 0.924. The Morgan fingerprint density at radius 1 is 1.29 bits per heavy atom. The first kappa shape index (κ1) is 14.4. The third-order valence-electron chi connectivity index (χ3n) is 4.28. The van der Waals surface area contributed by atoms with Crippen molar-refractivity contribution in [1.82, 2.24) is 4.90 Å². The van der Waals surface area contributed by atoms with Gasteiger partial charge in [0, 0.05) is 31.9 Å². The molecule has 0 spiro atoms. The Bertz CT molecular complexity index is 504. The highest BCUT2D eigenvalue weighted by molar-refractivity contribution is 5.50. The Hall–Kier alpha value is -1.57. The molecule has 112 valence electrons. The fraction of sp³-hybridized carbons (Fsp3) is 0.588. The largest absolute Gasteiger partial charge is 0.373 e. The van der Waals surface area contributed by atoms with E-state index in [0.29, 0.717) is 5.56 Å². The molecule has 1 saturated carbocycles. The van der Waals surface area contributed by atoms with Gasteiger partial charge in [-0.15, -0.1) is 0 Å². The van der Waals surface area contributed by atoms with Gasteiger partial charge < -0.3 is 14.5 Å². The first-order valence-electron chi connectivity index (χ1n) is 7.80. The molecule has 1 aromatic rings. The summed E-state index contributed by atoms with van der Waals surface area (Å²) in [5.41, 5.74) is 1.90. The molecule has 1 atom stereocenters. The van der Waals surface area contributed by atoms with E-state index in [1.54, 1.807) is 0 Å². The zero-order chi connectivity index (χ0) is 14.7. The summed E-state index contributed by atoms with van der Waals surface area (Å²) in [4.78, 5) is 4.77. The van der Waals surface area contributed by atoms with E-state index < -0.39 is 0 Å². The smallest absolute Gasteiger partial charge is 0.0991 e. The zero-order valence-electron chi connectivity index (χ0n) is 12.7. The lowest BCUT2D eigenvalue weighted by molar-refractivity contribution is 0.0199. The molecule has 0 N–H and O–H groups in total. The van der Waals surface area contributed by atoms with Gasteiger partial charge in [-0.05, 0) is 50.1 Å². The number of morpholine rings is 1. The zero-order valence-corrected chi connectivity index (χ0v) is 12.7. The summed E-state index contributed by atoms with van der Waals surface area (Å²) in [6.45, 7) is 4.84. The lowest BCUT2D eigenvalue weighted by Crippen LogP contribution is -2.47. The minimum Gasteiger partial charge on any atom is -0.373 e. The molecular weight excluding hydrogens is 262 g/mol. The van der Waals surface area contributed by atoms with Crippen molar-refractivity contribution in [3.05, 3.63) is 29.8 Å². The summed E-state index contributed by atoms with van der Waals surface area (Å²) in [6.07, 6.45) is 3.07. The normalized spacial score (nSPS) is 22.3. The van der Waals surface area contributed by atoms with Gasteiger partial charge in [-0.1, -0.05) is 0 Å². The molecule has 2 fully saturated rings. The number of anilines is 1. The van der Waals surface area contributed by atoms with Gasteiger partial charge in [-0.3, -0.25) is 0 Å². The molecule has 4 heteroatoms. The predicted octanol–water partition coefficient (Wildman–Crippen LogP) is 2.11. The maximum Gasteiger partial charge on any atom is 0.0991 e. The Morgan fingerprint density at radius 3 is 2.71 bits per heavy atom. The molecule has 2 aliphatic rings. The van der Waals surface area contributed by atoms with Gasteiger partial charge in [0.15, 0.2) is 0 Å².